The van der Waals surface area contributed by atoms with Crippen LogP contribution in [0.1, 0.15) is 32.6 Å². The average Bonchev–Trinajstić information content (AvgIpc) is 2.65. The van der Waals surface area contributed by atoms with E-state index in [0.717, 1.165) is 44.5 Å². The zero-order chi connectivity index (χ0) is 10.9. The molecule has 1 atom stereocenters. The van der Waals surface area contributed by atoms with Gasteiger partial charge < -0.3 is 10.6 Å². The summed E-state index contributed by atoms with van der Waals surface area (Å²) in [7, 11) is 0. The summed E-state index contributed by atoms with van der Waals surface area (Å²) in [5.41, 5.74) is 5.65. The molecule has 2 aliphatic rings. The maximum absolute atomic E-state index is 12.3. The van der Waals surface area contributed by atoms with E-state index in [0.29, 0.717) is 5.25 Å². The van der Waals surface area contributed by atoms with E-state index < -0.39 is 5.54 Å². The first-order chi connectivity index (χ1) is 7.12. The van der Waals surface area contributed by atoms with Gasteiger partial charge in [0.05, 0.1) is 5.54 Å². The van der Waals surface area contributed by atoms with E-state index >= 15 is 0 Å². The van der Waals surface area contributed by atoms with Gasteiger partial charge in [-0.1, -0.05) is 19.8 Å². The lowest BCUT2D eigenvalue weighted by molar-refractivity contribution is -0.136. The highest BCUT2D eigenvalue weighted by atomic mass is 35.5. The summed E-state index contributed by atoms with van der Waals surface area (Å²) in [6.07, 6.45) is 3.98. The Balaban J connectivity index is 0.00000128. The number of nitrogens with zero attached hydrogens (tertiary/aromatic N) is 1. The molecule has 1 saturated heterocycles. The Morgan fingerprint density at radius 1 is 1.44 bits per heavy atom. The number of carbonyl (C=O) groups excluding carboxylic acids is 1. The summed E-state index contributed by atoms with van der Waals surface area (Å²) in [6, 6.07) is 0. The summed E-state index contributed by atoms with van der Waals surface area (Å²) in [6.45, 7) is 3.94. The second kappa shape index (κ2) is 5.61. The maximum Gasteiger partial charge on any atom is 0.242 e. The first kappa shape index (κ1) is 14.1. The molecule has 0 bridgehead atoms. The van der Waals surface area contributed by atoms with Crippen molar-refractivity contribution in [3.8, 4) is 0 Å². The fourth-order valence-corrected chi connectivity index (χ4v) is 3.55. The van der Waals surface area contributed by atoms with Crippen LogP contribution in [0, 0.1) is 0 Å². The molecule has 1 saturated carbocycles. The normalized spacial score (nSPS) is 28.6. The minimum Gasteiger partial charge on any atom is -0.339 e. The van der Waals surface area contributed by atoms with Gasteiger partial charge in [-0.15, -0.1) is 12.4 Å². The number of hydrogen-bond donors (Lipinski definition) is 1. The van der Waals surface area contributed by atoms with Crippen LogP contribution in [0.15, 0.2) is 0 Å². The molecule has 1 unspecified atom stereocenters. The van der Waals surface area contributed by atoms with E-state index in [4.69, 9.17) is 5.73 Å². The number of carbonyl (C=O) groups is 1. The Labute approximate surface area is 108 Å². The van der Waals surface area contributed by atoms with Gasteiger partial charge in [0.2, 0.25) is 5.91 Å². The second-order valence-corrected chi connectivity index (χ2v) is 6.34. The molecule has 0 aromatic carbocycles. The van der Waals surface area contributed by atoms with E-state index in [1.54, 1.807) is 0 Å². The van der Waals surface area contributed by atoms with Gasteiger partial charge in [0.15, 0.2) is 0 Å². The van der Waals surface area contributed by atoms with Crippen LogP contribution in [0.2, 0.25) is 0 Å². The van der Waals surface area contributed by atoms with Crippen molar-refractivity contribution in [3.05, 3.63) is 0 Å². The van der Waals surface area contributed by atoms with Crippen molar-refractivity contribution >= 4 is 30.1 Å². The van der Waals surface area contributed by atoms with Gasteiger partial charge in [-0.2, -0.15) is 11.8 Å². The van der Waals surface area contributed by atoms with Crippen molar-refractivity contribution in [2.45, 2.75) is 43.4 Å². The Morgan fingerprint density at radius 2 is 2.06 bits per heavy atom. The Kier molecular flexibility index (Phi) is 4.95. The number of thioether (sulfide) groups is 1. The van der Waals surface area contributed by atoms with Crippen molar-refractivity contribution in [1.82, 2.24) is 4.90 Å². The smallest absolute Gasteiger partial charge is 0.242 e. The largest absolute Gasteiger partial charge is 0.339 e. The highest BCUT2D eigenvalue weighted by Gasteiger charge is 2.40. The minimum absolute atomic E-state index is 0. The number of halogens is 1. The van der Waals surface area contributed by atoms with Crippen LogP contribution >= 0.6 is 24.2 Å². The second-order valence-electron chi connectivity index (χ2n) is 4.80. The Hall–Kier alpha value is 0.0700. The predicted molar refractivity (Wildman–Crippen MR) is 71.1 cm³/mol. The standard InChI is InChI=1S/C11H20N2OS.ClH/c1-9-8-13(6-7-15-9)10(14)11(12)4-2-3-5-11;/h9H,2-8,12H2,1H3;1H. The lowest BCUT2D eigenvalue weighted by Crippen LogP contribution is -2.56. The summed E-state index contributed by atoms with van der Waals surface area (Å²) in [5.74, 6) is 1.26. The molecule has 1 aliphatic carbocycles. The highest BCUT2D eigenvalue weighted by Crippen LogP contribution is 2.30. The van der Waals surface area contributed by atoms with Gasteiger partial charge in [0.25, 0.3) is 0 Å². The van der Waals surface area contributed by atoms with Crippen molar-refractivity contribution in [1.29, 1.82) is 0 Å². The SMILES string of the molecule is CC1CN(C(=O)C2(N)CCCC2)CCS1.Cl. The van der Waals surface area contributed by atoms with Crippen LogP contribution in [0.3, 0.4) is 0 Å². The van der Waals surface area contributed by atoms with E-state index in [-0.39, 0.29) is 18.3 Å². The van der Waals surface area contributed by atoms with E-state index in [1.165, 1.54) is 0 Å². The average molecular weight is 265 g/mol. The lowest BCUT2D eigenvalue weighted by atomic mass is 9.97. The summed E-state index contributed by atoms with van der Waals surface area (Å²) in [4.78, 5) is 14.2. The summed E-state index contributed by atoms with van der Waals surface area (Å²) < 4.78 is 0. The van der Waals surface area contributed by atoms with E-state index in [9.17, 15) is 4.79 Å². The summed E-state index contributed by atoms with van der Waals surface area (Å²) >= 11 is 1.95. The third-order valence-corrected chi connectivity index (χ3v) is 4.59. The third-order valence-electron chi connectivity index (χ3n) is 3.45. The predicted octanol–water partition coefficient (Wildman–Crippen LogP) is 1.64. The fourth-order valence-electron chi connectivity index (χ4n) is 2.54. The molecular weight excluding hydrogens is 244 g/mol. The first-order valence-electron chi connectivity index (χ1n) is 5.82. The molecule has 0 spiro atoms. The molecule has 1 heterocycles. The molecule has 2 rings (SSSR count). The molecule has 0 aromatic heterocycles. The van der Waals surface area contributed by atoms with Crippen LogP contribution < -0.4 is 5.73 Å². The van der Waals surface area contributed by atoms with Crippen molar-refractivity contribution in [2.24, 2.45) is 5.73 Å². The van der Waals surface area contributed by atoms with Gasteiger partial charge >= 0.3 is 0 Å². The van der Waals surface area contributed by atoms with Gasteiger partial charge in [-0.05, 0) is 12.8 Å². The summed E-state index contributed by atoms with van der Waals surface area (Å²) in [5, 5.41) is 0.563. The molecule has 3 nitrogen and oxygen atoms in total. The van der Waals surface area contributed by atoms with Crippen LogP contribution in [-0.2, 0) is 4.79 Å². The molecule has 2 fully saturated rings. The molecule has 5 heteroatoms. The zero-order valence-corrected chi connectivity index (χ0v) is 11.4. The van der Waals surface area contributed by atoms with Gasteiger partial charge in [0.1, 0.15) is 0 Å². The molecule has 16 heavy (non-hydrogen) atoms. The van der Waals surface area contributed by atoms with Gasteiger partial charge in [-0.25, -0.2) is 0 Å². The highest BCUT2D eigenvalue weighted by molar-refractivity contribution is 7.99. The quantitative estimate of drug-likeness (QED) is 0.783. The van der Waals surface area contributed by atoms with Crippen LogP contribution in [0.4, 0.5) is 0 Å². The molecule has 94 valence electrons. The topological polar surface area (TPSA) is 46.3 Å². The van der Waals surface area contributed by atoms with Crippen LogP contribution in [-0.4, -0.2) is 40.4 Å². The fraction of sp³-hybridized carbons (Fsp3) is 0.909. The van der Waals surface area contributed by atoms with Crippen molar-refractivity contribution in [3.63, 3.8) is 0 Å². The molecule has 1 amide bonds. The number of rotatable bonds is 1. The minimum atomic E-state index is -0.526. The first-order valence-corrected chi connectivity index (χ1v) is 6.86. The third kappa shape index (κ3) is 2.84. The number of nitrogens with two attached hydrogens (primary N) is 1. The molecule has 0 radical (unpaired) electrons. The number of hydrogen-bond acceptors (Lipinski definition) is 3. The van der Waals surface area contributed by atoms with Crippen molar-refractivity contribution < 1.29 is 4.79 Å². The molecule has 1 aliphatic heterocycles. The molecule has 0 aromatic rings. The van der Waals surface area contributed by atoms with E-state index in [2.05, 4.69) is 6.92 Å². The Bertz CT molecular complexity index is 256. The number of amides is 1. The molecular formula is C11H21ClN2OS. The van der Waals surface area contributed by atoms with Crippen LogP contribution in [0.5, 0.6) is 0 Å². The Morgan fingerprint density at radius 3 is 2.62 bits per heavy atom. The van der Waals surface area contributed by atoms with Gasteiger partial charge in [0, 0.05) is 24.1 Å². The zero-order valence-electron chi connectivity index (χ0n) is 9.78. The maximum atomic E-state index is 12.3. The van der Waals surface area contributed by atoms with Gasteiger partial charge in [-0.3, -0.25) is 4.79 Å². The van der Waals surface area contributed by atoms with Crippen molar-refractivity contribution in [2.75, 3.05) is 18.8 Å². The molecule has 2 N–H and O–H groups in total. The lowest BCUT2D eigenvalue weighted by Gasteiger charge is -2.36. The van der Waals surface area contributed by atoms with Crippen LogP contribution in [0.25, 0.3) is 0 Å². The van der Waals surface area contributed by atoms with E-state index in [1.807, 2.05) is 16.7 Å². The monoisotopic (exact) mass is 264 g/mol.